The molecule has 0 spiro atoms. The summed E-state index contributed by atoms with van der Waals surface area (Å²) in [6, 6.07) is 0. The molecule has 0 heterocycles. The first kappa shape index (κ1) is 79.6. The summed E-state index contributed by atoms with van der Waals surface area (Å²) in [6.45, 7) is 2.22. The molecule has 0 aliphatic heterocycles. The molecule has 0 radical (unpaired) electrons. The van der Waals surface area contributed by atoms with Gasteiger partial charge in [-0.1, -0.05) is 0 Å². The molecule has 0 aliphatic rings. The lowest BCUT2D eigenvalue weighted by Crippen LogP contribution is -2.10. The zero-order valence-corrected chi connectivity index (χ0v) is 51.2. The minimum Gasteiger partial charge on any atom is -0.469 e. The standard InChI is InChI=1S/C61H100O25/c1-75-50(63)26-2-3-27-52(65)77-40-16-17-41-79-54(67)30-6-7-31-56(69)81-44-20-21-45-83-58(71)34-10-11-35-60(73)85-48-24-25-49-86-61(74)37-13-12-36-59(72)84-47-23-22-46-82-57(70)33-9-8-32-55(68)80-43-19-18-42-78-53(66)29-5-4-28-51(64)76-39-15-14-38-62/h62H,2-49H2,1H3. The first-order valence-electron chi connectivity index (χ1n) is 31.0. The number of carbonyl (C=O) groups excluding carboxylic acids is 12. The van der Waals surface area contributed by atoms with Gasteiger partial charge in [-0.2, -0.15) is 0 Å². The van der Waals surface area contributed by atoms with E-state index < -0.39 is 5.97 Å². The summed E-state index contributed by atoms with van der Waals surface area (Å²) in [5, 5.41) is 8.72. The molecule has 0 bridgehead atoms. The van der Waals surface area contributed by atoms with Crippen LogP contribution in [0, 0.1) is 0 Å². The number of esters is 12. The van der Waals surface area contributed by atoms with Gasteiger partial charge >= 0.3 is 71.6 Å². The molecular formula is C61H100O25. The van der Waals surface area contributed by atoms with E-state index in [1.165, 1.54) is 7.11 Å². The van der Waals surface area contributed by atoms with Gasteiger partial charge < -0.3 is 61.9 Å². The number of aliphatic hydroxyl groups is 1. The molecule has 25 nitrogen and oxygen atoms in total. The molecule has 494 valence electrons. The number of carbonyl (C=O) groups is 12. The summed E-state index contributed by atoms with van der Waals surface area (Å²) < 4.78 is 61.5. The average Bonchev–Trinajstić information content (AvgIpc) is 3.50. The van der Waals surface area contributed by atoms with Crippen molar-refractivity contribution in [3.05, 3.63) is 0 Å². The average molecular weight is 1230 g/mol. The summed E-state index contributed by atoms with van der Waals surface area (Å²) in [6.07, 6.45) is 14.4. The quantitative estimate of drug-likeness (QED) is 0.0341. The van der Waals surface area contributed by atoms with Crippen LogP contribution in [0.1, 0.15) is 231 Å². The number of hydrogen-bond donors (Lipinski definition) is 1. The van der Waals surface area contributed by atoms with Crippen molar-refractivity contribution in [3.8, 4) is 0 Å². The van der Waals surface area contributed by atoms with Crippen LogP contribution in [0.4, 0.5) is 0 Å². The molecule has 25 heteroatoms. The van der Waals surface area contributed by atoms with E-state index in [2.05, 4.69) is 4.74 Å². The van der Waals surface area contributed by atoms with E-state index in [0.29, 0.717) is 154 Å². The van der Waals surface area contributed by atoms with Crippen LogP contribution in [-0.2, 0) is 114 Å². The number of unbranched alkanes of at least 4 members (excludes halogenated alkanes) is 12. The number of methoxy groups -OCH3 is 1. The van der Waals surface area contributed by atoms with Crippen LogP contribution in [0.3, 0.4) is 0 Å². The van der Waals surface area contributed by atoms with E-state index in [-0.39, 0.29) is 222 Å². The fourth-order valence-electron chi connectivity index (χ4n) is 7.41. The number of rotatable bonds is 59. The largest absolute Gasteiger partial charge is 0.469 e. The summed E-state index contributed by atoms with van der Waals surface area (Å²) >= 11 is 0. The van der Waals surface area contributed by atoms with Gasteiger partial charge in [-0.05, 0) is 154 Å². The Hall–Kier alpha value is -6.40. The van der Waals surface area contributed by atoms with E-state index >= 15 is 0 Å². The maximum atomic E-state index is 12.1. The van der Waals surface area contributed by atoms with E-state index in [1.54, 1.807) is 0 Å². The van der Waals surface area contributed by atoms with Gasteiger partial charge in [0.2, 0.25) is 0 Å². The molecule has 0 rings (SSSR count). The van der Waals surface area contributed by atoms with Crippen molar-refractivity contribution < 1.29 is 119 Å². The monoisotopic (exact) mass is 1230 g/mol. The van der Waals surface area contributed by atoms with Crippen LogP contribution in [0.15, 0.2) is 0 Å². The van der Waals surface area contributed by atoms with Crippen molar-refractivity contribution in [1.29, 1.82) is 0 Å². The van der Waals surface area contributed by atoms with Gasteiger partial charge in [0.15, 0.2) is 0 Å². The Morgan fingerprint density at radius 2 is 0.302 bits per heavy atom. The topological polar surface area (TPSA) is 336 Å². The summed E-state index contributed by atoms with van der Waals surface area (Å²) in [4.78, 5) is 142. The highest BCUT2D eigenvalue weighted by molar-refractivity contribution is 5.74. The molecule has 0 amide bonds. The summed E-state index contributed by atoms with van der Waals surface area (Å²) in [7, 11) is 1.32. The van der Waals surface area contributed by atoms with Crippen molar-refractivity contribution in [3.63, 3.8) is 0 Å². The van der Waals surface area contributed by atoms with E-state index in [0.717, 1.165) is 0 Å². The van der Waals surface area contributed by atoms with Crippen LogP contribution in [-0.4, -0.2) is 163 Å². The van der Waals surface area contributed by atoms with E-state index in [4.69, 9.17) is 57.2 Å². The zero-order chi connectivity index (χ0) is 63.4. The Balaban J connectivity index is 3.58. The minimum atomic E-state index is -0.390. The van der Waals surface area contributed by atoms with Crippen LogP contribution in [0.25, 0.3) is 0 Å². The van der Waals surface area contributed by atoms with Crippen molar-refractivity contribution in [2.45, 2.75) is 231 Å². The van der Waals surface area contributed by atoms with Crippen molar-refractivity contribution in [2.24, 2.45) is 0 Å². The summed E-state index contributed by atoms with van der Waals surface area (Å²) in [5.74, 6) is -4.39. The third-order valence-corrected chi connectivity index (χ3v) is 12.4. The molecule has 0 atom stereocenters. The van der Waals surface area contributed by atoms with Gasteiger partial charge in [0.1, 0.15) is 0 Å². The van der Waals surface area contributed by atoms with Crippen molar-refractivity contribution >= 4 is 71.6 Å². The highest BCUT2D eigenvalue weighted by Gasteiger charge is 2.13. The third-order valence-electron chi connectivity index (χ3n) is 12.4. The Morgan fingerprint density at radius 3 is 0.419 bits per heavy atom. The van der Waals surface area contributed by atoms with Gasteiger partial charge in [-0.15, -0.1) is 0 Å². The lowest BCUT2D eigenvalue weighted by molar-refractivity contribution is -0.147. The van der Waals surface area contributed by atoms with Crippen molar-refractivity contribution in [1.82, 2.24) is 0 Å². The van der Waals surface area contributed by atoms with E-state index in [1.807, 2.05) is 0 Å². The number of ether oxygens (including phenoxy) is 12. The minimum absolute atomic E-state index is 0.0588. The Kier molecular flexibility index (Phi) is 54.6. The number of aliphatic hydroxyl groups excluding tert-OH is 1. The van der Waals surface area contributed by atoms with Gasteiger partial charge in [0.25, 0.3) is 0 Å². The molecule has 86 heavy (non-hydrogen) atoms. The molecule has 1 N–H and O–H groups in total. The van der Waals surface area contributed by atoms with Gasteiger partial charge in [0.05, 0.1) is 79.8 Å². The highest BCUT2D eigenvalue weighted by Crippen LogP contribution is 2.11. The second kappa shape index (κ2) is 59.0. The molecular weight excluding hydrogens is 1130 g/mol. The predicted molar refractivity (Wildman–Crippen MR) is 306 cm³/mol. The highest BCUT2D eigenvalue weighted by atomic mass is 16.6. The molecule has 0 aromatic rings. The lowest BCUT2D eigenvalue weighted by atomic mass is 10.2. The van der Waals surface area contributed by atoms with E-state index in [9.17, 15) is 57.5 Å². The van der Waals surface area contributed by atoms with Crippen LogP contribution in [0.5, 0.6) is 0 Å². The van der Waals surface area contributed by atoms with Crippen LogP contribution < -0.4 is 0 Å². The first-order chi connectivity index (χ1) is 41.6. The van der Waals surface area contributed by atoms with Crippen molar-refractivity contribution in [2.75, 3.05) is 86.4 Å². The Morgan fingerprint density at radius 1 is 0.186 bits per heavy atom. The smallest absolute Gasteiger partial charge is 0.305 e. The molecule has 0 unspecified atom stereocenters. The number of hydrogen-bond acceptors (Lipinski definition) is 25. The third kappa shape index (κ3) is 58.0. The fourth-order valence-corrected chi connectivity index (χ4v) is 7.41. The molecule has 0 saturated carbocycles. The van der Waals surface area contributed by atoms with Gasteiger partial charge in [0, 0.05) is 83.7 Å². The molecule has 0 aromatic carbocycles. The van der Waals surface area contributed by atoms with Crippen LogP contribution in [0.2, 0.25) is 0 Å². The normalized spacial score (nSPS) is 10.7. The molecule has 0 saturated heterocycles. The second-order valence-electron chi connectivity index (χ2n) is 20.2. The second-order valence-corrected chi connectivity index (χ2v) is 20.2. The first-order valence-corrected chi connectivity index (χ1v) is 31.0. The van der Waals surface area contributed by atoms with Gasteiger partial charge in [-0.3, -0.25) is 57.5 Å². The molecule has 0 aromatic heterocycles. The maximum Gasteiger partial charge on any atom is 0.305 e. The Labute approximate surface area is 507 Å². The van der Waals surface area contributed by atoms with Crippen LogP contribution >= 0.6 is 0 Å². The predicted octanol–water partition coefficient (Wildman–Crippen LogP) is 8.17. The lowest BCUT2D eigenvalue weighted by Gasteiger charge is -2.08. The SMILES string of the molecule is COC(=O)CCCCC(=O)OCCCCOC(=O)CCCCC(=O)OCCCCOC(=O)CCCCC(=O)OCCCCOC(=O)CCCCC(=O)OCCCCOC(=O)CCCCC(=O)OCCCCOC(=O)CCCCC(=O)OCCCCO. The summed E-state index contributed by atoms with van der Waals surface area (Å²) in [5.41, 5.74) is 0. The van der Waals surface area contributed by atoms with Gasteiger partial charge in [-0.25, -0.2) is 0 Å². The Bertz CT molecular complexity index is 1890. The molecule has 0 aliphatic carbocycles. The maximum absolute atomic E-state index is 12.1. The zero-order valence-electron chi connectivity index (χ0n) is 51.2. The molecule has 0 fully saturated rings. The fraction of sp³-hybridized carbons (Fsp3) is 0.803.